The highest BCUT2D eigenvalue weighted by Crippen LogP contribution is 2.21. The van der Waals surface area contributed by atoms with E-state index >= 15 is 0 Å². The van der Waals surface area contributed by atoms with E-state index < -0.39 is 0 Å². The van der Waals surface area contributed by atoms with Crippen molar-refractivity contribution >= 4 is 23.2 Å². The monoisotopic (exact) mass is 401 g/mol. The molecule has 0 bridgehead atoms. The second kappa shape index (κ2) is 9.08. The maximum Gasteiger partial charge on any atom is 0.282 e. The van der Waals surface area contributed by atoms with Crippen molar-refractivity contribution in [3.8, 4) is 0 Å². The van der Waals surface area contributed by atoms with Gasteiger partial charge in [0.2, 0.25) is 0 Å². The average Bonchev–Trinajstić information content (AvgIpc) is 2.64. The summed E-state index contributed by atoms with van der Waals surface area (Å²) in [5, 5.41) is 3.98. The molecule has 3 rings (SSSR count). The van der Waals surface area contributed by atoms with Crippen molar-refractivity contribution in [2.75, 3.05) is 31.5 Å². The van der Waals surface area contributed by atoms with E-state index in [9.17, 15) is 4.79 Å². The number of rotatable bonds is 5. The van der Waals surface area contributed by atoms with E-state index in [2.05, 4.69) is 50.4 Å². The van der Waals surface area contributed by atoms with Gasteiger partial charge in [-0.3, -0.25) is 4.79 Å². The van der Waals surface area contributed by atoms with Gasteiger partial charge in [-0.05, 0) is 51.0 Å². The van der Waals surface area contributed by atoms with Crippen LogP contribution in [-0.4, -0.2) is 38.1 Å². The molecule has 3 N–H and O–H groups in total. The van der Waals surface area contributed by atoms with E-state index in [1.54, 1.807) is 4.90 Å². The third-order valence-corrected chi connectivity index (χ3v) is 6.11. The van der Waals surface area contributed by atoms with Crippen LogP contribution in [0.5, 0.6) is 0 Å². The molecule has 28 heavy (non-hydrogen) atoms. The van der Waals surface area contributed by atoms with Crippen LogP contribution in [0.15, 0.2) is 36.4 Å². The molecule has 1 amide bonds. The first-order chi connectivity index (χ1) is 13.3. The second-order valence-corrected chi connectivity index (χ2v) is 8.64. The number of piperazine rings is 1. The zero-order valence-corrected chi connectivity index (χ0v) is 18.1. The summed E-state index contributed by atoms with van der Waals surface area (Å²) in [7, 11) is 0. The molecule has 4 nitrogen and oxygen atoms in total. The van der Waals surface area contributed by atoms with E-state index in [0.717, 1.165) is 54.6 Å². The lowest BCUT2D eigenvalue weighted by molar-refractivity contribution is -1.02. The van der Waals surface area contributed by atoms with Crippen LogP contribution >= 0.6 is 11.6 Å². The summed E-state index contributed by atoms with van der Waals surface area (Å²) in [5.74, 6) is 0.114. The highest BCUT2D eigenvalue weighted by Gasteiger charge is 2.31. The largest absolute Gasteiger partial charge is 0.322 e. The molecule has 2 aromatic carbocycles. The molecule has 1 fully saturated rings. The molecule has 1 heterocycles. The summed E-state index contributed by atoms with van der Waals surface area (Å²) in [5.41, 5.74) is 5.73. The number of halogens is 1. The first-order valence-corrected chi connectivity index (χ1v) is 10.5. The molecule has 1 aliphatic heterocycles. The Kier molecular flexibility index (Phi) is 6.76. The van der Waals surface area contributed by atoms with Crippen molar-refractivity contribution in [2.45, 2.75) is 40.3 Å². The molecular formula is C23H32ClN3O+2. The van der Waals surface area contributed by atoms with E-state index in [-0.39, 0.29) is 11.9 Å². The van der Waals surface area contributed by atoms with Crippen molar-refractivity contribution in [2.24, 2.45) is 0 Å². The maximum atomic E-state index is 12.9. The van der Waals surface area contributed by atoms with E-state index in [4.69, 9.17) is 11.6 Å². The highest BCUT2D eigenvalue weighted by molar-refractivity contribution is 6.30. The second-order valence-electron chi connectivity index (χ2n) is 8.20. The number of carbonyl (C=O) groups is 1. The van der Waals surface area contributed by atoms with Gasteiger partial charge in [-0.1, -0.05) is 41.4 Å². The molecule has 0 aromatic heterocycles. The normalized spacial score (nSPS) is 20.6. The fourth-order valence-electron chi connectivity index (χ4n) is 4.26. The van der Waals surface area contributed by atoms with Gasteiger partial charge in [0.15, 0.2) is 6.04 Å². The SMILES string of the molecule is Cc1cc(C)c(NC(=O)[C@H](C)[NH+]2CC[NH+](Cc3cccc(Cl)c3)CC2)c(C)c1. The van der Waals surface area contributed by atoms with Crippen molar-refractivity contribution < 1.29 is 14.6 Å². The van der Waals surface area contributed by atoms with Gasteiger partial charge in [-0.25, -0.2) is 0 Å². The molecule has 1 aliphatic rings. The molecule has 0 aliphatic carbocycles. The van der Waals surface area contributed by atoms with Crippen LogP contribution in [0.2, 0.25) is 5.02 Å². The number of hydrogen-bond donors (Lipinski definition) is 3. The molecule has 0 saturated carbocycles. The summed E-state index contributed by atoms with van der Waals surface area (Å²) >= 11 is 6.10. The highest BCUT2D eigenvalue weighted by atomic mass is 35.5. The van der Waals surface area contributed by atoms with Gasteiger partial charge >= 0.3 is 0 Å². The third-order valence-electron chi connectivity index (χ3n) is 5.87. The molecular weight excluding hydrogens is 370 g/mol. The van der Waals surface area contributed by atoms with Gasteiger partial charge in [0.05, 0.1) is 0 Å². The van der Waals surface area contributed by atoms with Crippen LogP contribution in [0, 0.1) is 20.8 Å². The Labute approximate surface area is 173 Å². The Morgan fingerprint density at radius 2 is 1.71 bits per heavy atom. The van der Waals surface area contributed by atoms with Crippen LogP contribution in [-0.2, 0) is 11.3 Å². The fourth-order valence-corrected chi connectivity index (χ4v) is 4.48. The van der Waals surface area contributed by atoms with Gasteiger partial charge in [0.25, 0.3) is 5.91 Å². The summed E-state index contributed by atoms with van der Waals surface area (Å²) in [6, 6.07) is 12.3. The van der Waals surface area contributed by atoms with Crippen molar-refractivity contribution in [3.63, 3.8) is 0 Å². The first kappa shape index (κ1) is 20.8. The van der Waals surface area contributed by atoms with Gasteiger partial charge in [0, 0.05) is 16.3 Å². The zero-order chi connectivity index (χ0) is 20.3. The van der Waals surface area contributed by atoms with Crippen molar-refractivity contribution in [1.29, 1.82) is 0 Å². The predicted molar refractivity (Wildman–Crippen MR) is 115 cm³/mol. The number of hydrogen-bond acceptors (Lipinski definition) is 1. The minimum atomic E-state index is -0.0483. The molecule has 5 heteroatoms. The maximum absolute atomic E-state index is 12.9. The van der Waals surface area contributed by atoms with E-state index in [1.165, 1.54) is 16.0 Å². The van der Waals surface area contributed by atoms with Crippen LogP contribution < -0.4 is 15.1 Å². The Morgan fingerprint density at radius 3 is 2.32 bits per heavy atom. The smallest absolute Gasteiger partial charge is 0.282 e. The van der Waals surface area contributed by atoms with E-state index in [1.807, 2.05) is 19.1 Å². The number of amides is 1. The Morgan fingerprint density at radius 1 is 1.07 bits per heavy atom. The van der Waals surface area contributed by atoms with Crippen LogP contribution in [0.1, 0.15) is 29.2 Å². The molecule has 0 unspecified atom stereocenters. The third kappa shape index (κ3) is 5.13. The summed E-state index contributed by atoms with van der Waals surface area (Å²) in [4.78, 5) is 15.8. The minimum Gasteiger partial charge on any atom is -0.322 e. The lowest BCUT2D eigenvalue weighted by Crippen LogP contribution is -3.29. The molecule has 1 saturated heterocycles. The first-order valence-electron chi connectivity index (χ1n) is 10.1. The number of quaternary nitrogens is 2. The average molecular weight is 402 g/mol. The number of aryl methyl sites for hydroxylation is 3. The zero-order valence-electron chi connectivity index (χ0n) is 17.4. The Balaban J connectivity index is 1.54. The predicted octanol–water partition coefficient (Wildman–Crippen LogP) is 1.58. The molecule has 0 radical (unpaired) electrons. The number of anilines is 1. The number of carbonyl (C=O) groups excluding carboxylic acids is 1. The Hall–Kier alpha value is -1.88. The van der Waals surface area contributed by atoms with Crippen molar-refractivity contribution in [1.82, 2.24) is 0 Å². The standard InChI is InChI=1S/C23H30ClN3O/c1-16-12-17(2)22(18(3)13-16)25-23(28)19(4)27-10-8-26(9-11-27)15-20-6-5-7-21(24)14-20/h5-7,12-14,19H,8-11,15H2,1-4H3,(H,25,28)/p+2/t19-/m0/s1. The lowest BCUT2D eigenvalue weighted by atomic mass is 10.0. The number of nitrogens with one attached hydrogen (secondary N) is 3. The summed E-state index contributed by atoms with van der Waals surface area (Å²) < 4.78 is 0. The molecule has 2 aromatic rings. The Bertz CT molecular complexity index is 820. The fraction of sp³-hybridized carbons (Fsp3) is 0.435. The van der Waals surface area contributed by atoms with Crippen LogP contribution in [0.4, 0.5) is 5.69 Å². The van der Waals surface area contributed by atoms with Gasteiger partial charge < -0.3 is 15.1 Å². The minimum absolute atomic E-state index is 0.0483. The lowest BCUT2D eigenvalue weighted by Gasteiger charge is -2.32. The van der Waals surface area contributed by atoms with Gasteiger partial charge in [-0.2, -0.15) is 0 Å². The van der Waals surface area contributed by atoms with Crippen LogP contribution in [0.3, 0.4) is 0 Å². The quantitative estimate of drug-likeness (QED) is 0.699. The van der Waals surface area contributed by atoms with Crippen molar-refractivity contribution in [3.05, 3.63) is 63.7 Å². The summed E-state index contributed by atoms with van der Waals surface area (Å²) in [6.07, 6.45) is 0. The van der Waals surface area contributed by atoms with Crippen LogP contribution in [0.25, 0.3) is 0 Å². The number of benzene rings is 2. The molecule has 0 spiro atoms. The topological polar surface area (TPSA) is 38.0 Å². The van der Waals surface area contributed by atoms with E-state index in [0.29, 0.717) is 0 Å². The van der Waals surface area contributed by atoms with Gasteiger partial charge in [0.1, 0.15) is 32.7 Å². The molecule has 1 atom stereocenters. The van der Waals surface area contributed by atoms with Gasteiger partial charge in [-0.15, -0.1) is 0 Å². The molecule has 150 valence electrons. The summed E-state index contributed by atoms with van der Waals surface area (Å²) in [6.45, 7) is 13.4.